The second-order valence-corrected chi connectivity index (χ2v) is 3.92. The Labute approximate surface area is 95.4 Å². The maximum absolute atomic E-state index is 13.1. The summed E-state index contributed by atoms with van der Waals surface area (Å²) in [5, 5.41) is 0. The van der Waals surface area contributed by atoms with E-state index in [0.717, 1.165) is 5.56 Å². The molecule has 2 rings (SSSR count). The number of nitrogens with two attached hydrogens (primary N) is 1. The molecular weight excluding hydrogens is 238 g/mol. The van der Waals surface area contributed by atoms with Gasteiger partial charge in [0.25, 0.3) is 0 Å². The fourth-order valence-electron chi connectivity index (χ4n) is 1.76. The largest absolute Gasteiger partial charge is 0.493 e. The van der Waals surface area contributed by atoms with Gasteiger partial charge in [0.1, 0.15) is 11.8 Å². The van der Waals surface area contributed by atoms with E-state index in [0.29, 0.717) is 18.8 Å². The highest BCUT2D eigenvalue weighted by Gasteiger charge is 2.47. The van der Waals surface area contributed by atoms with Crippen LogP contribution in [0, 0.1) is 0 Å². The predicted molar refractivity (Wildman–Crippen MR) is 53.5 cm³/mol. The molecule has 94 valence electrons. The number of rotatable bonds is 3. The van der Waals surface area contributed by atoms with Crippen molar-refractivity contribution in [1.82, 2.24) is 0 Å². The molecule has 1 heterocycles. The van der Waals surface area contributed by atoms with E-state index < -0.39 is 18.4 Å². The topological polar surface area (TPSA) is 35.2 Å². The van der Waals surface area contributed by atoms with Gasteiger partial charge >= 0.3 is 12.3 Å². The van der Waals surface area contributed by atoms with Crippen molar-refractivity contribution in [3.8, 4) is 5.75 Å². The first-order valence-corrected chi connectivity index (χ1v) is 5.10. The number of halogens is 4. The zero-order valence-electron chi connectivity index (χ0n) is 8.80. The minimum atomic E-state index is -4.23. The van der Waals surface area contributed by atoms with Gasteiger partial charge in [0.15, 0.2) is 0 Å². The molecule has 0 bridgehead atoms. The summed E-state index contributed by atoms with van der Waals surface area (Å²) in [5.74, 6) is -3.63. The van der Waals surface area contributed by atoms with E-state index in [4.69, 9.17) is 10.5 Å². The van der Waals surface area contributed by atoms with Crippen molar-refractivity contribution in [3.05, 3.63) is 29.3 Å². The van der Waals surface area contributed by atoms with Gasteiger partial charge in [-0.25, -0.2) is 8.78 Å². The average Bonchev–Trinajstić information content (AvgIpc) is 2.74. The van der Waals surface area contributed by atoms with E-state index in [1.165, 1.54) is 18.2 Å². The summed E-state index contributed by atoms with van der Waals surface area (Å²) in [6.45, 7) is 0.471. The minimum absolute atomic E-state index is 0.000417. The summed E-state index contributed by atoms with van der Waals surface area (Å²) in [6, 6.07) is 2.18. The second-order valence-electron chi connectivity index (χ2n) is 3.92. The molecule has 2 nitrogen and oxygen atoms in total. The Morgan fingerprint density at radius 1 is 1.29 bits per heavy atom. The molecule has 0 aromatic heterocycles. The molecule has 0 radical (unpaired) electrons. The van der Waals surface area contributed by atoms with Crippen LogP contribution in [0.4, 0.5) is 17.6 Å². The van der Waals surface area contributed by atoms with Gasteiger partial charge in [-0.2, -0.15) is 8.78 Å². The van der Waals surface area contributed by atoms with Crippen LogP contribution in [0.1, 0.15) is 17.2 Å². The van der Waals surface area contributed by atoms with Crippen LogP contribution >= 0.6 is 0 Å². The Kier molecular flexibility index (Phi) is 2.99. The highest BCUT2D eigenvalue weighted by Crippen LogP contribution is 2.37. The number of alkyl halides is 4. The van der Waals surface area contributed by atoms with Gasteiger partial charge in [-0.05, 0) is 17.2 Å². The highest BCUT2D eigenvalue weighted by molar-refractivity contribution is 5.41. The zero-order valence-corrected chi connectivity index (χ0v) is 8.80. The molecule has 1 unspecified atom stereocenters. The normalized spacial score (nSPS) is 16.8. The van der Waals surface area contributed by atoms with Gasteiger partial charge in [0, 0.05) is 6.42 Å². The smallest absolute Gasteiger partial charge is 0.326 e. The number of benzene rings is 1. The van der Waals surface area contributed by atoms with Crippen molar-refractivity contribution in [2.75, 3.05) is 6.61 Å². The van der Waals surface area contributed by atoms with Gasteiger partial charge in [0.2, 0.25) is 0 Å². The molecule has 1 aliphatic heterocycles. The highest BCUT2D eigenvalue weighted by atomic mass is 19.3. The third-order valence-electron chi connectivity index (χ3n) is 2.78. The molecule has 2 N–H and O–H groups in total. The SMILES string of the molecule is NC(c1ccc2c(c1)CCO2)C(F)(F)C(F)F. The van der Waals surface area contributed by atoms with Crippen LogP contribution in [0.25, 0.3) is 0 Å². The van der Waals surface area contributed by atoms with Crippen LogP contribution in [0.15, 0.2) is 18.2 Å². The van der Waals surface area contributed by atoms with Crippen molar-refractivity contribution in [1.29, 1.82) is 0 Å². The quantitative estimate of drug-likeness (QED) is 0.835. The van der Waals surface area contributed by atoms with Gasteiger partial charge < -0.3 is 10.5 Å². The lowest BCUT2D eigenvalue weighted by Gasteiger charge is -2.23. The Balaban J connectivity index is 2.29. The molecule has 0 saturated heterocycles. The Morgan fingerprint density at radius 3 is 2.65 bits per heavy atom. The summed E-state index contributed by atoms with van der Waals surface area (Å²) in [7, 11) is 0. The molecule has 1 aromatic rings. The van der Waals surface area contributed by atoms with Gasteiger partial charge in [-0.3, -0.25) is 0 Å². The van der Waals surface area contributed by atoms with Crippen LogP contribution in [0.5, 0.6) is 5.75 Å². The lowest BCUT2D eigenvalue weighted by molar-refractivity contribution is -0.144. The van der Waals surface area contributed by atoms with Crippen molar-refractivity contribution in [2.24, 2.45) is 5.73 Å². The average molecular weight is 249 g/mol. The first-order valence-electron chi connectivity index (χ1n) is 5.10. The fraction of sp³-hybridized carbons (Fsp3) is 0.455. The van der Waals surface area contributed by atoms with E-state index in [1.54, 1.807) is 0 Å². The third kappa shape index (κ3) is 2.09. The zero-order chi connectivity index (χ0) is 12.6. The fourth-order valence-corrected chi connectivity index (χ4v) is 1.76. The molecule has 0 aliphatic carbocycles. The van der Waals surface area contributed by atoms with Crippen LogP contribution in [0.2, 0.25) is 0 Å². The number of hydrogen-bond donors (Lipinski definition) is 1. The molecule has 0 spiro atoms. The van der Waals surface area contributed by atoms with Gasteiger partial charge in [-0.1, -0.05) is 12.1 Å². The number of fused-ring (bicyclic) bond motifs is 1. The molecular formula is C11H11F4NO. The third-order valence-corrected chi connectivity index (χ3v) is 2.78. The maximum atomic E-state index is 13.1. The number of hydrogen-bond acceptors (Lipinski definition) is 2. The first-order chi connectivity index (χ1) is 7.93. The summed E-state index contributed by atoms with van der Waals surface area (Å²) in [6.07, 6.45) is -3.20. The Morgan fingerprint density at radius 2 is 2.00 bits per heavy atom. The monoisotopic (exact) mass is 249 g/mol. The molecule has 0 fully saturated rings. The maximum Gasteiger partial charge on any atom is 0.326 e. The summed E-state index contributed by atoms with van der Waals surface area (Å²) >= 11 is 0. The van der Waals surface area contributed by atoms with Crippen molar-refractivity contribution < 1.29 is 22.3 Å². The standard InChI is InChI=1S/C11H11F4NO/c12-10(13)11(14,15)9(16)7-1-2-8-6(5-7)3-4-17-8/h1-2,5,9-10H,3-4,16H2. The van der Waals surface area contributed by atoms with Crippen molar-refractivity contribution in [3.63, 3.8) is 0 Å². The van der Waals surface area contributed by atoms with Crippen LogP contribution in [-0.4, -0.2) is 19.0 Å². The predicted octanol–water partition coefficient (Wildman–Crippen LogP) is 2.52. The van der Waals surface area contributed by atoms with E-state index in [9.17, 15) is 17.6 Å². The molecule has 6 heteroatoms. The number of ether oxygens (including phenoxy) is 1. The lowest BCUT2D eigenvalue weighted by Crippen LogP contribution is -2.39. The summed E-state index contributed by atoms with van der Waals surface area (Å²) < 4.78 is 55.7. The lowest BCUT2D eigenvalue weighted by atomic mass is 9.99. The molecule has 0 saturated carbocycles. The summed E-state index contributed by atoms with van der Waals surface area (Å²) in [5.41, 5.74) is 5.92. The summed E-state index contributed by atoms with van der Waals surface area (Å²) in [4.78, 5) is 0. The molecule has 1 atom stereocenters. The van der Waals surface area contributed by atoms with Crippen LogP contribution in [-0.2, 0) is 6.42 Å². The molecule has 1 aromatic carbocycles. The minimum Gasteiger partial charge on any atom is -0.493 e. The Bertz CT molecular complexity index is 422. The van der Waals surface area contributed by atoms with Crippen LogP contribution < -0.4 is 10.5 Å². The van der Waals surface area contributed by atoms with Crippen molar-refractivity contribution >= 4 is 0 Å². The van der Waals surface area contributed by atoms with E-state index >= 15 is 0 Å². The molecule has 17 heavy (non-hydrogen) atoms. The van der Waals surface area contributed by atoms with Crippen LogP contribution in [0.3, 0.4) is 0 Å². The van der Waals surface area contributed by atoms with Gasteiger partial charge in [-0.15, -0.1) is 0 Å². The Hall–Kier alpha value is -1.30. The first kappa shape index (κ1) is 12.2. The van der Waals surface area contributed by atoms with Crippen molar-refractivity contribution in [2.45, 2.75) is 24.8 Å². The van der Waals surface area contributed by atoms with E-state index in [-0.39, 0.29) is 5.56 Å². The van der Waals surface area contributed by atoms with Gasteiger partial charge in [0.05, 0.1) is 6.61 Å². The van der Waals surface area contributed by atoms with E-state index in [2.05, 4.69) is 0 Å². The molecule has 0 amide bonds. The molecule has 1 aliphatic rings. The van der Waals surface area contributed by atoms with E-state index in [1.807, 2.05) is 0 Å². The second kappa shape index (κ2) is 4.18.